The van der Waals surface area contributed by atoms with Gasteiger partial charge in [-0.05, 0) is 30.9 Å². The summed E-state index contributed by atoms with van der Waals surface area (Å²) in [6, 6.07) is 3.12. The van der Waals surface area contributed by atoms with Gasteiger partial charge in [-0.25, -0.2) is 8.42 Å². The number of nitrogens with zero attached hydrogens (tertiary/aromatic N) is 1. The van der Waals surface area contributed by atoms with Crippen LogP contribution in [-0.2, 0) is 10.0 Å². The van der Waals surface area contributed by atoms with Crippen LogP contribution in [0.25, 0.3) is 0 Å². The zero-order chi connectivity index (χ0) is 12.5. The van der Waals surface area contributed by atoms with Gasteiger partial charge in [-0.3, -0.25) is 0 Å². The Labute approximate surface area is 110 Å². The van der Waals surface area contributed by atoms with Gasteiger partial charge in [-0.15, -0.1) is 11.3 Å². The van der Waals surface area contributed by atoms with Crippen LogP contribution in [0.1, 0.15) is 12.8 Å². The molecule has 1 atom stereocenters. The van der Waals surface area contributed by atoms with E-state index in [2.05, 4.69) is 0 Å². The minimum Gasteiger partial charge on any atom is -0.396 e. The number of hydrogen-bond donors (Lipinski definition) is 1. The average Bonchev–Trinajstić information content (AvgIpc) is 2.76. The third kappa shape index (κ3) is 2.82. The number of aliphatic hydroxyl groups excluding tert-OH is 1. The van der Waals surface area contributed by atoms with Crippen molar-refractivity contribution in [3.63, 3.8) is 0 Å². The molecular weight excluding hydrogens is 282 g/mol. The van der Waals surface area contributed by atoms with Crippen LogP contribution in [0.3, 0.4) is 0 Å². The van der Waals surface area contributed by atoms with Crippen molar-refractivity contribution in [1.29, 1.82) is 0 Å². The minimum atomic E-state index is -3.43. The van der Waals surface area contributed by atoms with Crippen molar-refractivity contribution >= 4 is 33.0 Å². The van der Waals surface area contributed by atoms with Gasteiger partial charge in [0.1, 0.15) is 4.21 Å². The molecule has 0 radical (unpaired) electrons. The van der Waals surface area contributed by atoms with E-state index in [1.54, 1.807) is 6.07 Å². The van der Waals surface area contributed by atoms with E-state index in [1.807, 2.05) is 0 Å². The Balaban J connectivity index is 2.21. The quantitative estimate of drug-likeness (QED) is 0.925. The van der Waals surface area contributed by atoms with E-state index in [1.165, 1.54) is 10.4 Å². The molecule has 4 nitrogen and oxygen atoms in total. The van der Waals surface area contributed by atoms with Gasteiger partial charge in [0.05, 0.1) is 4.34 Å². The molecule has 2 heterocycles. The maximum atomic E-state index is 12.3. The van der Waals surface area contributed by atoms with Gasteiger partial charge in [-0.1, -0.05) is 11.6 Å². The van der Waals surface area contributed by atoms with Gasteiger partial charge >= 0.3 is 0 Å². The summed E-state index contributed by atoms with van der Waals surface area (Å²) in [5, 5.41) is 9.11. The van der Waals surface area contributed by atoms with Crippen molar-refractivity contribution in [2.45, 2.75) is 17.1 Å². The second kappa shape index (κ2) is 5.24. The molecule has 0 spiro atoms. The summed E-state index contributed by atoms with van der Waals surface area (Å²) in [4.78, 5) is 0. The number of hydrogen-bond acceptors (Lipinski definition) is 4. The Morgan fingerprint density at radius 2 is 2.29 bits per heavy atom. The van der Waals surface area contributed by atoms with E-state index in [0.717, 1.165) is 24.2 Å². The average molecular weight is 296 g/mol. The van der Waals surface area contributed by atoms with Gasteiger partial charge in [0.25, 0.3) is 10.0 Å². The first kappa shape index (κ1) is 13.3. The van der Waals surface area contributed by atoms with Gasteiger partial charge < -0.3 is 5.11 Å². The van der Waals surface area contributed by atoms with Crippen LogP contribution >= 0.6 is 22.9 Å². The molecule has 0 amide bonds. The molecule has 1 aromatic rings. The second-order valence-electron chi connectivity index (χ2n) is 4.11. The Kier molecular flexibility index (Phi) is 4.10. The summed E-state index contributed by atoms with van der Waals surface area (Å²) < 4.78 is 26.7. The Bertz CT molecular complexity index is 485. The molecule has 7 heteroatoms. The predicted molar refractivity (Wildman–Crippen MR) is 67.9 cm³/mol. The first-order valence-corrected chi connectivity index (χ1v) is 8.04. The molecule has 1 unspecified atom stereocenters. The highest BCUT2D eigenvalue weighted by molar-refractivity contribution is 7.91. The predicted octanol–water partition coefficient (Wildman–Crippen LogP) is 1.79. The lowest BCUT2D eigenvalue weighted by atomic mass is 10.0. The van der Waals surface area contributed by atoms with E-state index < -0.39 is 10.0 Å². The largest absolute Gasteiger partial charge is 0.396 e. The van der Waals surface area contributed by atoms with Gasteiger partial charge in [0.15, 0.2) is 0 Å². The molecule has 0 saturated carbocycles. The van der Waals surface area contributed by atoms with Gasteiger partial charge in [0.2, 0.25) is 0 Å². The second-order valence-corrected chi connectivity index (χ2v) is 7.99. The summed E-state index contributed by atoms with van der Waals surface area (Å²) in [5.74, 6) is 0.0500. The Morgan fingerprint density at radius 1 is 1.53 bits per heavy atom. The molecule has 0 bridgehead atoms. The number of aliphatic hydroxyl groups is 1. The van der Waals surface area contributed by atoms with Gasteiger partial charge in [-0.2, -0.15) is 4.31 Å². The fourth-order valence-corrected chi connectivity index (χ4v) is 5.15. The van der Waals surface area contributed by atoms with Gasteiger partial charge in [0, 0.05) is 19.7 Å². The lowest BCUT2D eigenvalue weighted by Crippen LogP contribution is -2.40. The van der Waals surface area contributed by atoms with E-state index in [4.69, 9.17) is 16.7 Å². The summed E-state index contributed by atoms with van der Waals surface area (Å²) in [6.07, 6.45) is 1.68. The van der Waals surface area contributed by atoms with E-state index in [-0.39, 0.29) is 16.7 Å². The SMILES string of the molecule is O=S(=O)(c1ccc(Cl)s1)N1CCCC(CO)C1. The number of halogens is 1. The topological polar surface area (TPSA) is 57.6 Å². The molecule has 1 aromatic heterocycles. The van der Waals surface area contributed by atoms with Crippen LogP contribution in [-0.4, -0.2) is 37.5 Å². The maximum absolute atomic E-state index is 12.3. The molecule has 1 fully saturated rings. The maximum Gasteiger partial charge on any atom is 0.252 e. The monoisotopic (exact) mass is 295 g/mol. The first-order chi connectivity index (χ1) is 8.04. The van der Waals surface area contributed by atoms with Crippen LogP contribution in [0.15, 0.2) is 16.3 Å². The van der Waals surface area contributed by atoms with Crippen molar-refractivity contribution < 1.29 is 13.5 Å². The smallest absolute Gasteiger partial charge is 0.252 e. The number of rotatable bonds is 3. The number of piperidine rings is 1. The van der Waals surface area contributed by atoms with E-state index in [0.29, 0.717) is 17.4 Å². The standard InChI is InChI=1S/C10H14ClNO3S2/c11-9-3-4-10(16-9)17(14,15)12-5-1-2-8(6-12)7-13/h3-4,8,13H,1-2,5-7H2. The highest BCUT2D eigenvalue weighted by Crippen LogP contribution is 2.30. The van der Waals surface area contributed by atoms with Crippen LogP contribution < -0.4 is 0 Å². The molecule has 1 aliphatic rings. The summed E-state index contributed by atoms with van der Waals surface area (Å²) in [6.45, 7) is 0.958. The highest BCUT2D eigenvalue weighted by atomic mass is 35.5. The third-order valence-electron chi connectivity index (χ3n) is 2.88. The van der Waals surface area contributed by atoms with E-state index in [9.17, 15) is 8.42 Å². The van der Waals surface area contributed by atoms with Crippen molar-refractivity contribution in [3.05, 3.63) is 16.5 Å². The normalized spacial score (nSPS) is 22.8. The molecule has 1 saturated heterocycles. The van der Waals surface area contributed by atoms with E-state index >= 15 is 0 Å². The summed E-state index contributed by atoms with van der Waals surface area (Å²) in [5.41, 5.74) is 0. The van der Waals surface area contributed by atoms with Crippen molar-refractivity contribution in [2.24, 2.45) is 5.92 Å². The molecule has 0 aliphatic carbocycles. The van der Waals surface area contributed by atoms with Crippen molar-refractivity contribution in [3.8, 4) is 0 Å². The summed E-state index contributed by atoms with van der Waals surface area (Å²) >= 11 is 6.83. The molecule has 96 valence electrons. The van der Waals surface area contributed by atoms with Crippen molar-refractivity contribution in [1.82, 2.24) is 4.31 Å². The molecule has 2 rings (SSSR count). The summed E-state index contributed by atoms with van der Waals surface area (Å²) in [7, 11) is -3.43. The molecule has 1 N–H and O–H groups in total. The fraction of sp³-hybridized carbons (Fsp3) is 0.600. The number of sulfonamides is 1. The molecular formula is C10H14ClNO3S2. The van der Waals surface area contributed by atoms with Crippen LogP contribution in [0.4, 0.5) is 0 Å². The highest BCUT2D eigenvalue weighted by Gasteiger charge is 2.30. The minimum absolute atomic E-state index is 0.0389. The lowest BCUT2D eigenvalue weighted by Gasteiger charge is -2.30. The van der Waals surface area contributed by atoms with Crippen LogP contribution in [0.5, 0.6) is 0 Å². The fourth-order valence-electron chi connectivity index (χ4n) is 1.96. The zero-order valence-corrected chi connectivity index (χ0v) is 11.6. The van der Waals surface area contributed by atoms with Crippen LogP contribution in [0.2, 0.25) is 4.34 Å². The van der Waals surface area contributed by atoms with Crippen LogP contribution in [0, 0.1) is 5.92 Å². The molecule has 0 aromatic carbocycles. The molecule has 1 aliphatic heterocycles. The Hall–Kier alpha value is -0.140. The first-order valence-electron chi connectivity index (χ1n) is 5.40. The Morgan fingerprint density at radius 3 is 2.88 bits per heavy atom. The van der Waals surface area contributed by atoms with Crippen molar-refractivity contribution in [2.75, 3.05) is 19.7 Å². The zero-order valence-electron chi connectivity index (χ0n) is 9.17. The lowest BCUT2D eigenvalue weighted by molar-refractivity contribution is 0.165. The molecule has 17 heavy (non-hydrogen) atoms. The third-order valence-corrected chi connectivity index (χ3v) is 6.45. The number of thiophene rings is 1.